The molecule has 0 unspecified atom stereocenters. The quantitative estimate of drug-likeness (QED) is 0.196. The molecule has 1 aliphatic heterocycles. The lowest BCUT2D eigenvalue weighted by Gasteiger charge is -2.21. The zero-order valence-electron chi connectivity index (χ0n) is 16.6. The van der Waals surface area contributed by atoms with E-state index in [2.05, 4.69) is 4.99 Å². The molecule has 1 aliphatic rings. The molecule has 0 saturated carbocycles. The van der Waals surface area contributed by atoms with E-state index < -0.39 is 39.2 Å². The molecular formula is C17H22N4O8S. The van der Waals surface area contributed by atoms with Gasteiger partial charge in [-0.05, 0) is 17.7 Å². The van der Waals surface area contributed by atoms with Crippen LogP contribution in [0.15, 0.2) is 29.3 Å². The Balaban J connectivity index is 2.09. The molecule has 1 aromatic rings. The van der Waals surface area contributed by atoms with Crippen LogP contribution in [0.3, 0.4) is 0 Å². The van der Waals surface area contributed by atoms with E-state index in [1.54, 1.807) is 14.1 Å². The summed E-state index contributed by atoms with van der Waals surface area (Å²) in [6, 6.07) is 4.38. The Bertz CT molecular complexity index is 930. The maximum Gasteiger partial charge on any atom is 0.410 e. The number of ether oxygens (including phenoxy) is 1. The summed E-state index contributed by atoms with van der Waals surface area (Å²) in [5.41, 5.74) is 0.403. The van der Waals surface area contributed by atoms with Gasteiger partial charge < -0.3 is 9.64 Å². The van der Waals surface area contributed by atoms with Gasteiger partial charge >= 0.3 is 6.09 Å². The maximum atomic E-state index is 12.5. The first-order valence-electron chi connectivity index (χ1n) is 8.75. The summed E-state index contributed by atoms with van der Waals surface area (Å²) in [7, 11) is -0.462. The van der Waals surface area contributed by atoms with E-state index in [-0.39, 0.29) is 25.3 Å². The predicted octanol–water partition coefficient (Wildman–Crippen LogP) is 0.767. The fraction of sp³-hybridized carbons (Fsp3) is 0.471. The number of carbonyl (C=O) groups excluding carboxylic acids is 2. The zero-order valence-corrected chi connectivity index (χ0v) is 17.4. The van der Waals surface area contributed by atoms with E-state index in [1.165, 1.54) is 35.5 Å². The lowest BCUT2D eigenvalue weighted by molar-refractivity contribution is -0.384. The van der Waals surface area contributed by atoms with Crippen LogP contribution >= 0.6 is 0 Å². The van der Waals surface area contributed by atoms with Crippen molar-refractivity contribution in [2.24, 2.45) is 4.99 Å². The number of rotatable bonds is 7. The highest BCUT2D eigenvalue weighted by molar-refractivity contribution is 7.86. The van der Waals surface area contributed by atoms with Gasteiger partial charge in [0.15, 0.2) is 0 Å². The Morgan fingerprint density at radius 1 is 1.33 bits per heavy atom. The number of hydrogen-bond donors (Lipinski definition) is 0. The molecule has 0 bridgehead atoms. The standard InChI is InChI=1S/C17H22N4O8S/c1-19(2)11-18-16(22)15-8-14(29-30(3,26)27)9-20(15)17(23)28-10-12-4-6-13(7-5-12)21(24)25/h4-7,11,14-15H,8-10H2,1-3H3/b18-11+/t14-,15+/m1/s1. The van der Waals surface area contributed by atoms with Gasteiger partial charge in [0.05, 0.1) is 30.2 Å². The number of amides is 2. The summed E-state index contributed by atoms with van der Waals surface area (Å²) < 4.78 is 33.0. The van der Waals surface area contributed by atoms with Crippen LogP contribution in [0.2, 0.25) is 0 Å². The van der Waals surface area contributed by atoms with Crippen LogP contribution < -0.4 is 0 Å². The van der Waals surface area contributed by atoms with Gasteiger partial charge in [0, 0.05) is 32.6 Å². The highest BCUT2D eigenvalue weighted by atomic mass is 32.2. The molecule has 1 aromatic carbocycles. The topological polar surface area (TPSA) is 149 Å². The Morgan fingerprint density at radius 3 is 2.50 bits per heavy atom. The summed E-state index contributed by atoms with van der Waals surface area (Å²) in [5, 5.41) is 10.7. The number of nitrogens with zero attached hydrogens (tertiary/aromatic N) is 4. The number of carbonyl (C=O) groups is 2. The van der Waals surface area contributed by atoms with Crippen molar-refractivity contribution in [3.8, 4) is 0 Å². The molecule has 30 heavy (non-hydrogen) atoms. The first-order chi connectivity index (χ1) is 14.0. The molecule has 13 heteroatoms. The fourth-order valence-electron chi connectivity index (χ4n) is 2.75. The van der Waals surface area contributed by atoms with Gasteiger partial charge in [-0.3, -0.25) is 24.0 Å². The second kappa shape index (κ2) is 9.63. The van der Waals surface area contributed by atoms with Crippen molar-refractivity contribution in [2.75, 3.05) is 26.9 Å². The fourth-order valence-corrected chi connectivity index (χ4v) is 3.38. The number of nitro benzene ring substituents is 1. The van der Waals surface area contributed by atoms with Crippen LogP contribution in [0.1, 0.15) is 12.0 Å². The molecule has 2 rings (SSSR count). The third kappa shape index (κ3) is 6.77. The van der Waals surface area contributed by atoms with Gasteiger partial charge in [-0.1, -0.05) is 0 Å². The third-order valence-electron chi connectivity index (χ3n) is 4.02. The molecule has 0 aliphatic carbocycles. The van der Waals surface area contributed by atoms with Crippen molar-refractivity contribution in [3.63, 3.8) is 0 Å². The minimum atomic E-state index is -3.79. The number of nitro groups is 1. The lowest BCUT2D eigenvalue weighted by atomic mass is 10.2. The Morgan fingerprint density at radius 2 is 1.97 bits per heavy atom. The van der Waals surface area contributed by atoms with Gasteiger partial charge in [0.1, 0.15) is 12.6 Å². The molecule has 1 saturated heterocycles. The first-order valence-corrected chi connectivity index (χ1v) is 10.6. The normalized spacial score (nSPS) is 19.1. The average Bonchev–Trinajstić information content (AvgIpc) is 3.06. The Hall–Kier alpha value is -3.06. The highest BCUT2D eigenvalue weighted by Crippen LogP contribution is 2.24. The first kappa shape index (κ1) is 23.2. The molecule has 0 N–H and O–H groups in total. The van der Waals surface area contributed by atoms with Crippen LogP contribution in [0, 0.1) is 10.1 Å². The minimum Gasteiger partial charge on any atom is -0.445 e. The van der Waals surface area contributed by atoms with Gasteiger partial charge in [0.2, 0.25) is 0 Å². The molecule has 2 atom stereocenters. The summed E-state index contributed by atoms with van der Waals surface area (Å²) in [4.78, 5) is 41.4. The molecule has 1 fully saturated rings. The molecule has 1 heterocycles. The van der Waals surface area contributed by atoms with E-state index in [1.807, 2.05) is 0 Å². The molecular weight excluding hydrogens is 420 g/mol. The van der Waals surface area contributed by atoms with Gasteiger partial charge in [-0.25, -0.2) is 9.79 Å². The van der Waals surface area contributed by atoms with Crippen molar-refractivity contribution in [1.29, 1.82) is 0 Å². The maximum absolute atomic E-state index is 12.5. The van der Waals surface area contributed by atoms with Crippen LogP contribution in [-0.4, -0.2) is 80.5 Å². The monoisotopic (exact) mass is 442 g/mol. The SMILES string of the molecule is CN(C)/C=N/C(=O)[C@@H]1C[C@@H](OS(C)(=O)=O)CN1C(=O)OCc1ccc([N+](=O)[O-])cc1. The van der Waals surface area contributed by atoms with Crippen molar-refractivity contribution >= 4 is 34.1 Å². The molecule has 0 aromatic heterocycles. The predicted molar refractivity (Wildman–Crippen MR) is 105 cm³/mol. The number of non-ortho nitro benzene ring substituents is 1. The zero-order chi connectivity index (χ0) is 22.5. The molecule has 2 amide bonds. The van der Waals surface area contributed by atoms with Crippen molar-refractivity contribution in [3.05, 3.63) is 39.9 Å². The number of hydrogen-bond acceptors (Lipinski definition) is 8. The second-order valence-electron chi connectivity index (χ2n) is 6.85. The van der Waals surface area contributed by atoms with E-state index in [0.29, 0.717) is 5.56 Å². The van der Waals surface area contributed by atoms with Crippen LogP contribution in [0.25, 0.3) is 0 Å². The van der Waals surface area contributed by atoms with E-state index >= 15 is 0 Å². The smallest absolute Gasteiger partial charge is 0.410 e. The van der Waals surface area contributed by atoms with E-state index in [4.69, 9.17) is 8.92 Å². The molecule has 164 valence electrons. The van der Waals surface area contributed by atoms with Gasteiger partial charge in [-0.15, -0.1) is 0 Å². The summed E-state index contributed by atoms with van der Waals surface area (Å²) in [6.45, 7) is -0.354. The van der Waals surface area contributed by atoms with Crippen molar-refractivity contribution in [2.45, 2.75) is 25.2 Å². The van der Waals surface area contributed by atoms with Gasteiger partial charge in [-0.2, -0.15) is 8.42 Å². The second-order valence-corrected chi connectivity index (χ2v) is 8.45. The number of likely N-dealkylation sites (tertiary alicyclic amines) is 1. The number of benzene rings is 1. The molecule has 0 spiro atoms. The Labute approximate surface area is 173 Å². The minimum absolute atomic E-state index is 0.0523. The van der Waals surface area contributed by atoms with Crippen molar-refractivity contribution < 1.29 is 31.9 Å². The summed E-state index contributed by atoms with van der Waals surface area (Å²) >= 11 is 0. The van der Waals surface area contributed by atoms with Crippen LogP contribution in [0.5, 0.6) is 0 Å². The van der Waals surface area contributed by atoms with Gasteiger partial charge in [0.25, 0.3) is 21.7 Å². The number of aliphatic imine (C=N–C) groups is 1. The third-order valence-corrected chi connectivity index (χ3v) is 4.64. The van der Waals surface area contributed by atoms with Crippen LogP contribution in [0.4, 0.5) is 10.5 Å². The molecule has 0 radical (unpaired) electrons. The summed E-state index contributed by atoms with van der Waals surface area (Å²) in [6.07, 6.45) is 0.335. The van der Waals surface area contributed by atoms with E-state index in [9.17, 15) is 28.1 Å². The lowest BCUT2D eigenvalue weighted by Crippen LogP contribution is -2.40. The largest absolute Gasteiger partial charge is 0.445 e. The summed E-state index contributed by atoms with van der Waals surface area (Å²) in [5.74, 6) is -0.643. The van der Waals surface area contributed by atoms with Crippen LogP contribution in [-0.2, 0) is 30.4 Å². The average molecular weight is 442 g/mol. The molecule has 12 nitrogen and oxygen atoms in total. The van der Waals surface area contributed by atoms with Crippen molar-refractivity contribution in [1.82, 2.24) is 9.80 Å². The Kier molecular flexibility index (Phi) is 7.45. The highest BCUT2D eigenvalue weighted by Gasteiger charge is 2.42. The van der Waals surface area contributed by atoms with E-state index in [0.717, 1.165) is 11.2 Å².